The van der Waals surface area contributed by atoms with Crippen LogP contribution in [0.2, 0.25) is 0 Å². The Bertz CT molecular complexity index is 1170. The summed E-state index contributed by atoms with van der Waals surface area (Å²) in [6, 6.07) is 16.3. The first-order valence-corrected chi connectivity index (χ1v) is 11.5. The predicted molar refractivity (Wildman–Crippen MR) is 120 cm³/mol. The highest BCUT2D eigenvalue weighted by molar-refractivity contribution is 7.89. The summed E-state index contributed by atoms with van der Waals surface area (Å²) in [5.41, 5.74) is 1.75. The Morgan fingerprint density at radius 1 is 0.969 bits per heavy atom. The second-order valence-electron chi connectivity index (χ2n) is 7.46. The van der Waals surface area contributed by atoms with Crippen LogP contribution < -0.4 is 15.4 Å². The summed E-state index contributed by atoms with van der Waals surface area (Å²) in [6.07, 6.45) is 1.46. The number of carbonyl (C=O) groups excluding carboxylic acids is 2. The molecule has 3 N–H and O–H groups in total. The summed E-state index contributed by atoms with van der Waals surface area (Å²) in [4.78, 5) is 24.3. The molecule has 2 amide bonds. The van der Waals surface area contributed by atoms with Gasteiger partial charge in [0.2, 0.25) is 15.9 Å². The van der Waals surface area contributed by atoms with Gasteiger partial charge >= 0.3 is 0 Å². The molecule has 0 atom stereocenters. The van der Waals surface area contributed by atoms with Crippen molar-refractivity contribution in [2.45, 2.75) is 31.8 Å². The fourth-order valence-corrected chi connectivity index (χ4v) is 3.78. The highest BCUT2D eigenvalue weighted by Crippen LogP contribution is 2.14. The topological polar surface area (TPSA) is 118 Å². The molecule has 0 spiro atoms. The molecule has 0 unspecified atom stereocenters. The molecule has 0 fully saturated rings. The normalized spacial score (nSPS) is 11.3. The first-order valence-electron chi connectivity index (χ1n) is 10.0. The quantitative estimate of drug-likeness (QED) is 0.458. The zero-order chi connectivity index (χ0) is 23.1. The first-order chi connectivity index (χ1) is 15.2. The van der Waals surface area contributed by atoms with Gasteiger partial charge in [-0.25, -0.2) is 13.1 Å². The lowest BCUT2D eigenvalue weighted by atomic mass is 10.1. The summed E-state index contributed by atoms with van der Waals surface area (Å²) < 4.78 is 32.6. The fraction of sp³-hybridized carbons (Fsp3) is 0.217. The van der Waals surface area contributed by atoms with Crippen LogP contribution in [0.15, 0.2) is 76.2 Å². The van der Waals surface area contributed by atoms with Gasteiger partial charge < -0.3 is 15.1 Å². The molecule has 0 aliphatic rings. The standard InChI is InChI=1S/C23H25N3O5S/c1-16(2)22(27)26-19-10-8-17(9-11-19)14-24-23(28)18-5-3-7-21(13-18)32(29,30)25-15-20-6-4-12-31-20/h3-13,16,25H,14-15H2,1-2H3,(H,24,28)(H,26,27). The van der Waals surface area contributed by atoms with Crippen LogP contribution >= 0.6 is 0 Å². The summed E-state index contributed by atoms with van der Waals surface area (Å²) in [7, 11) is -3.80. The molecule has 1 heterocycles. The molecule has 0 bridgehead atoms. The van der Waals surface area contributed by atoms with Crippen molar-refractivity contribution in [3.63, 3.8) is 0 Å². The number of sulfonamides is 1. The number of rotatable bonds is 9. The maximum Gasteiger partial charge on any atom is 0.251 e. The van der Waals surface area contributed by atoms with E-state index in [0.29, 0.717) is 11.4 Å². The molecule has 0 aliphatic carbocycles. The molecule has 168 valence electrons. The van der Waals surface area contributed by atoms with Crippen molar-refractivity contribution in [1.29, 1.82) is 0 Å². The monoisotopic (exact) mass is 455 g/mol. The van der Waals surface area contributed by atoms with E-state index in [0.717, 1.165) is 5.56 Å². The van der Waals surface area contributed by atoms with Gasteiger partial charge in [-0.05, 0) is 48.0 Å². The molecule has 9 heteroatoms. The lowest BCUT2D eigenvalue weighted by Crippen LogP contribution is -2.25. The molecule has 0 aliphatic heterocycles. The number of carbonyl (C=O) groups is 2. The van der Waals surface area contributed by atoms with E-state index >= 15 is 0 Å². The van der Waals surface area contributed by atoms with Gasteiger partial charge in [-0.2, -0.15) is 0 Å². The summed E-state index contributed by atoms with van der Waals surface area (Å²) in [6.45, 7) is 3.90. The zero-order valence-electron chi connectivity index (χ0n) is 17.8. The van der Waals surface area contributed by atoms with E-state index in [1.807, 2.05) is 13.8 Å². The number of hydrogen-bond donors (Lipinski definition) is 3. The Morgan fingerprint density at radius 3 is 2.38 bits per heavy atom. The molecular formula is C23H25N3O5S. The second-order valence-corrected chi connectivity index (χ2v) is 9.22. The SMILES string of the molecule is CC(C)C(=O)Nc1ccc(CNC(=O)c2cccc(S(=O)(=O)NCc3ccco3)c2)cc1. The molecule has 0 radical (unpaired) electrons. The van der Waals surface area contributed by atoms with E-state index in [1.165, 1.54) is 24.5 Å². The fourth-order valence-electron chi connectivity index (χ4n) is 2.74. The Labute approximate surface area is 187 Å². The Kier molecular flexibility index (Phi) is 7.45. The number of benzene rings is 2. The Hall–Kier alpha value is -3.43. The van der Waals surface area contributed by atoms with Crippen molar-refractivity contribution in [3.8, 4) is 0 Å². The van der Waals surface area contributed by atoms with Gasteiger partial charge in [0.15, 0.2) is 0 Å². The lowest BCUT2D eigenvalue weighted by molar-refractivity contribution is -0.118. The summed E-state index contributed by atoms with van der Waals surface area (Å²) in [5, 5.41) is 5.57. The van der Waals surface area contributed by atoms with Crippen LogP contribution in [-0.2, 0) is 27.9 Å². The Morgan fingerprint density at radius 2 is 1.72 bits per heavy atom. The zero-order valence-corrected chi connectivity index (χ0v) is 18.6. The lowest BCUT2D eigenvalue weighted by Gasteiger charge is -2.10. The highest BCUT2D eigenvalue weighted by atomic mass is 32.2. The number of anilines is 1. The smallest absolute Gasteiger partial charge is 0.251 e. The van der Waals surface area contributed by atoms with Gasteiger partial charge in [-0.3, -0.25) is 9.59 Å². The van der Waals surface area contributed by atoms with Gasteiger partial charge in [-0.1, -0.05) is 32.0 Å². The van der Waals surface area contributed by atoms with E-state index < -0.39 is 15.9 Å². The molecule has 0 saturated carbocycles. The minimum absolute atomic E-state index is 0.0121. The van der Waals surface area contributed by atoms with Crippen molar-refractivity contribution in [2.75, 3.05) is 5.32 Å². The average Bonchev–Trinajstić information content (AvgIpc) is 3.31. The van der Waals surface area contributed by atoms with Crippen LogP contribution in [0.3, 0.4) is 0 Å². The van der Waals surface area contributed by atoms with Crippen LogP contribution in [0.5, 0.6) is 0 Å². The number of hydrogen-bond acceptors (Lipinski definition) is 5. The van der Waals surface area contributed by atoms with Gasteiger partial charge in [0.25, 0.3) is 5.91 Å². The van der Waals surface area contributed by atoms with Crippen LogP contribution in [0.1, 0.15) is 35.5 Å². The van der Waals surface area contributed by atoms with Crippen molar-refractivity contribution >= 4 is 27.5 Å². The molecule has 3 aromatic rings. The van der Waals surface area contributed by atoms with E-state index in [-0.39, 0.29) is 35.4 Å². The van der Waals surface area contributed by atoms with Crippen LogP contribution in [0.4, 0.5) is 5.69 Å². The molecule has 2 aromatic carbocycles. The molecule has 1 aromatic heterocycles. The first kappa shape index (κ1) is 23.2. The van der Waals surface area contributed by atoms with E-state index in [9.17, 15) is 18.0 Å². The largest absolute Gasteiger partial charge is 0.468 e. The van der Waals surface area contributed by atoms with Crippen LogP contribution in [0, 0.1) is 5.92 Å². The highest BCUT2D eigenvalue weighted by Gasteiger charge is 2.17. The third-order valence-electron chi connectivity index (χ3n) is 4.62. The van der Waals surface area contributed by atoms with Gasteiger partial charge in [0.05, 0.1) is 17.7 Å². The van der Waals surface area contributed by atoms with Crippen molar-refractivity contribution in [2.24, 2.45) is 5.92 Å². The summed E-state index contributed by atoms with van der Waals surface area (Å²) in [5.74, 6) is -0.101. The summed E-state index contributed by atoms with van der Waals surface area (Å²) >= 11 is 0. The maximum atomic E-state index is 12.5. The van der Waals surface area contributed by atoms with Crippen LogP contribution in [-0.4, -0.2) is 20.2 Å². The van der Waals surface area contributed by atoms with Crippen molar-refractivity contribution in [1.82, 2.24) is 10.0 Å². The van der Waals surface area contributed by atoms with Gasteiger partial charge in [0, 0.05) is 23.7 Å². The van der Waals surface area contributed by atoms with Crippen molar-refractivity contribution in [3.05, 3.63) is 83.8 Å². The minimum Gasteiger partial charge on any atom is -0.468 e. The number of amides is 2. The minimum atomic E-state index is -3.80. The molecule has 0 saturated heterocycles. The molecule has 32 heavy (non-hydrogen) atoms. The third kappa shape index (κ3) is 6.29. The van der Waals surface area contributed by atoms with E-state index in [4.69, 9.17) is 4.42 Å². The molecular weight excluding hydrogens is 430 g/mol. The van der Waals surface area contributed by atoms with Gasteiger partial charge in [-0.15, -0.1) is 0 Å². The third-order valence-corrected chi connectivity index (χ3v) is 6.02. The average molecular weight is 456 g/mol. The molecule has 3 rings (SSSR count). The van der Waals surface area contributed by atoms with Crippen molar-refractivity contribution < 1.29 is 22.4 Å². The predicted octanol–water partition coefficient (Wildman–Crippen LogP) is 3.28. The van der Waals surface area contributed by atoms with Gasteiger partial charge in [0.1, 0.15) is 5.76 Å². The Balaban J connectivity index is 1.59. The second kappa shape index (κ2) is 10.3. The van der Waals surface area contributed by atoms with E-state index in [1.54, 1.807) is 42.5 Å². The maximum absolute atomic E-state index is 12.5. The number of nitrogens with one attached hydrogen (secondary N) is 3. The number of furan rings is 1. The molecule has 8 nitrogen and oxygen atoms in total. The van der Waals surface area contributed by atoms with E-state index in [2.05, 4.69) is 15.4 Å². The van der Waals surface area contributed by atoms with Crippen LogP contribution in [0.25, 0.3) is 0 Å².